The topological polar surface area (TPSA) is 90.0 Å². The molecule has 0 spiro atoms. The highest BCUT2D eigenvalue weighted by Gasteiger charge is 2.15. The van der Waals surface area contributed by atoms with E-state index >= 15 is 0 Å². The summed E-state index contributed by atoms with van der Waals surface area (Å²) in [4.78, 5) is 0.182. The molecule has 0 fully saturated rings. The fourth-order valence-electron chi connectivity index (χ4n) is 1.10. The van der Waals surface area contributed by atoms with Crippen molar-refractivity contribution in [1.29, 1.82) is 0 Å². The summed E-state index contributed by atoms with van der Waals surface area (Å²) in [5, 5.41) is 3.91. The normalized spacial score (nSPS) is 11.9. The van der Waals surface area contributed by atoms with Crippen LogP contribution in [0.2, 0.25) is 0 Å². The van der Waals surface area contributed by atoms with Crippen molar-refractivity contribution >= 4 is 21.8 Å². The fourth-order valence-corrected chi connectivity index (χ4v) is 2.52. The molecular formula is C8H16N4O2S2. The quantitative estimate of drug-likeness (QED) is 0.647. The van der Waals surface area contributed by atoms with Crippen LogP contribution in [0.1, 0.15) is 0 Å². The van der Waals surface area contributed by atoms with Crippen LogP contribution in [-0.4, -0.2) is 43.3 Å². The Bertz CT molecular complexity index is 415. The SMILES string of the molecule is CSCCNS(=O)(=O)c1cnn(CCN)c1. The second-order valence-electron chi connectivity index (χ2n) is 3.12. The van der Waals surface area contributed by atoms with Crippen LogP contribution in [0.3, 0.4) is 0 Å². The van der Waals surface area contributed by atoms with Crippen LogP contribution in [-0.2, 0) is 16.6 Å². The van der Waals surface area contributed by atoms with Crippen LogP contribution in [0.5, 0.6) is 0 Å². The number of nitrogens with zero attached hydrogens (tertiary/aromatic N) is 2. The van der Waals surface area contributed by atoms with Gasteiger partial charge in [-0.15, -0.1) is 0 Å². The summed E-state index contributed by atoms with van der Waals surface area (Å²) < 4.78 is 27.5. The van der Waals surface area contributed by atoms with E-state index < -0.39 is 10.0 Å². The highest BCUT2D eigenvalue weighted by Crippen LogP contribution is 2.06. The second kappa shape index (κ2) is 6.24. The Morgan fingerprint density at radius 1 is 1.62 bits per heavy atom. The Morgan fingerprint density at radius 3 is 3.00 bits per heavy atom. The first-order chi connectivity index (χ1) is 7.60. The van der Waals surface area contributed by atoms with E-state index in [0.717, 1.165) is 5.75 Å². The van der Waals surface area contributed by atoms with Crippen LogP contribution < -0.4 is 10.5 Å². The number of nitrogens with two attached hydrogens (primary N) is 1. The van der Waals surface area contributed by atoms with Gasteiger partial charge in [-0.1, -0.05) is 0 Å². The molecule has 0 amide bonds. The van der Waals surface area contributed by atoms with E-state index in [1.54, 1.807) is 11.8 Å². The minimum absolute atomic E-state index is 0.182. The summed E-state index contributed by atoms with van der Waals surface area (Å²) >= 11 is 1.59. The van der Waals surface area contributed by atoms with Crippen LogP contribution in [0.4, 0.5) is 0 Å². The summed E-state index contributed by atoms with van der Waals surface area (Å²) in [6.07, 6.45) is 4.74. The van der Waals surface area contributed by atoms with Gasteiger partial charge in [-0.2, -0.15) is 16.9 Å². The Kier molecular flexibility index (Phi) is 5.26. The molecule has 0 saturated carbocycles. The van der Waals surface area contributed by atoms with Crippen molar-refractivity contribution in [3.63, 3.8) is 0 Å². The van der Waals surface area contributed by atoms with Crippen LogP contribution >= 0.6 is 11.8 Å². The minimum atomic E-state index is -3.42. The second-order valence-corrected chi connectivity index (χ2v) is 5.87. The molecule has 0 aliphatic carbocycles. The Labute approximate surface area is 99.6 Å². The average molecular weight is 264 g/mol. The van der Waals surface area contributed by atoms with Crippen molar-refractivity contribution in [3.05, 3.63) is 12.4 Å². The van der Waals surface area contributed by atoms with E-state index in [0.29, 0.717) is 19.6 Å². The first kappa shape index (κ1) is 13.5. The lowest BCUT2D eigenvalue weighted by Crippen LogP contribution is -2.25. The van der Waals surface area contributed by atoms with Crippen molar-refractivity contribution in [2.75, 3.05) is 25.1 Å². The molecule has 0 bridgehead atoms. The fraction of sp³-hybridized carbons (Fsp3) is 0.625. The lowest BCUT2D eigenvalue weighted by molar-refractivity contribution is 0.583. The van der Waals surface area contributed by atoms with E-state index in [1.807, 2.05) is 6.26 Å². The number of thioether (sulfide) groups is 1. The number of sulfonamides is 1. The molecule has 1 heterocycles. The number of aromatic nitrogens is 2. The largest absolute Gasteiger partial charge is 0.329 e. The van der Waals surface area contributed by atoms with E-state index in [-0.39, 0.29) is 4.90 Å². The monoisotopic (exact) mass is 264 g/mol. The number of rotatable bonds is 7. The molecule has 3 N–H and O–H groups in total. The molecule has 0 atom stereocenters. The van der Waals surface area contributed by atoms with Gasteiger partial charge in [0.2, 0.25) is 10.0 Å². The van der Waals surface area contributed by atoms with Crippen LogP contribution in [0.25, 0.3) is 0 Å². The smallest absolute Gasteiger partial charge is 0.243 e. The first-order valence-corrected chi connectivity index (χ1v) is 7.69. The average Bonchev–Trinajstić information content (AvgIpc) is 2.68. The maximum atomic E-state index is 11.7. The van der Waals surface area contributed by atoms with Crippen LogP contribution in [0.15, 0.2) is 17.3 Å². The molecular weight excluding hydrogens is 248 g/mol. The van der Waals surface area contributed by atoms with Crippen molar-refractivity contribution < 1.29 is 8.42 Å². The van der Waals surface area contributed by atoms with E-state index in [4.69, 9.17) is 5.73 Å². The van der Waals surface area contributed by atoms with Gasteiger partial charge >= 0.3 is 0 Å². The van der Waals surface area contributed by atoms with Crippen molar-refractivity contribution in [2.45, 2.75) is 11.4 Å². The van der Waals surface area contributed by atoms with Gasteiger partial charge in [0.25, 0.3) is 0 Å². The van der Waals surface area contributed by atoms with Crippen LogP contribution in [0, 0.1) is 0 Å². The Morgan fingerprint density at radius 2 is 2.38 bits per heavy atom. The highest BCUT2D eigenvalue weighted by molar-refractivity contribution is 7.98. The summed E-state index contributed by atoms with van der Waals surface area (Å²) in [5.74, 6) is 0.746. The summed E-state index contributed by atoms with van der Waals surface area (Å²) in [6, 6.07) is 0. The lowest BCUT2D eigenvalue weighted by Gasteiger charge is -2.02. The summed E-state index contributed by atoms with van der Waals surface area (Å²) in [5.41, 5.74) is 5.35. The molecule has 1 aromatic rings. The third-order valence-electron chi connectivity index (χ3n) is 1.88. The molecule has 6 nitrogen and oxygen atoms in total. The first-order valence-electron chi connectivity index (χ1n) is 4.81. The molecule has 0 aromatic carbocycles. The molecule has 92 valence electrons. The maximum absolute atomic E-state index is 11.7. The van der Waals surface area contributed by atoms with Gasteiger partial charge in [-0.3, -0.25) is 4.68 Å². The molecule has 16 heavy (non-hydrogen) atoms. The van der Waals surface area contributed by atoms with E-state index in [9.17, 15) is 8.42 Å². The molecule has 0 radical (unpaired) electrons. The van der Waals surface area contributed by atoms with Crippen molar-refractivity contribution in [1.82, 2.24) is 14.5 Å². The zero-order valence-corrected chi connectivity index (χ0v) is 10.7. The van der Waals surface area contributed by atoms with Gasteiger partial charge in [0.1, 0.15) is 4.90 Å². The maximum Gasteiger partial charge on any atom is 0.243 e. The van der Waals surface area contributed by atoms with Crippen molar-refractivity contribution in [2.24, 2.45) is 5.73 Å². The van der Waals surface area contributed by atoms with E-state index in [1.165, 1.54) is 17.1 Å². The number of hydrogen-bond donors (Lipinski definition) is 2. The van der Waals surface area contributed by atoms with Gasteiger partial charge in [0.05, 0.1) is 12.7 Å². The molecule has 1 aromatic heterocycles. The van der Waals surface area contributed by atoms with Gasteiger partial charge in [-0.25, -0.2) is 13.1 Å². The van der Waals surface area contributed by atoms with Crippen molar-refractivity contribution in [3.8, 4) is 0 Å². The lowest BCUT2D eigenvalue weighted by atomic mass is 10.6. The van der Waals surface area contributed by atoms with Gasteiger partial charge in [-0.05, 0) is 6.26 Å². The highest BCUT2D eigenvalue weighted by atomic mass is 32.2. The molecule has 0 unspecified atom stereocenters. The molecule has 0 aliphatic rings. The molecule has 8 heteroatoms. The van der Waals surface area contributed by atoms with Gasteiger partial charge < -0.3 is 5.73 Å². The van der Waals surface area contributed by atoms with Gasteiger partial charge in [0.15, 0.2) is 0 Å². The third kappa shape index (κ3) is 3.78. The zero-order chi connectivity index (χ0) is 12.0. The molecule has 0 saturated heterocycles. The standard InChI is InChI=1S/C8H16N4O2S2/c1-15-5-3-11-16(13,14)8-6-10-12(7-8)4-2-9/h6-7,11H,2-5,9H2,1H3. The Balaban J connectivity index is 2.66. The minimum Gasteiger partial charge on any atom is -0.329 e. The number of hydrogen-bond acceptors (Lipinski definition) is 5. The summed E-state index contributed by atoms with van der Waals surface area (Å²) in [6.45, 7) is 1.37. The Hall–Kier alpha value is -0.570. The predicted molar refractivity (Wildman–Crippen MR) is 64.9 cm³/mol. The predicted octanol–water partition coefficient (Wildman–Crippen LogP) is -0.517. The van der Waals surface area contributed by atoms with E-state index in [2.05, 4.69) is 9.82 Å². The third-order valence-corrected chi connectivity index (χ3v) is 3.90. The zero-order valence-electron chi connectivity index (χ0n) is 9.09. The van der Waals surface area contributed by atoms with Gasteiger partial charge in [0, 0.05) is 25.0 Å². The molecule has 1 rings (SSSR count). The molecule has 0 aliphatic heterocycles. The number of nitrogens with one attached hydrogen (secondary N) is 1. The summed E-state index contributed by atoms with van der Waals surface area (Å²) in [7, 11) is -3.42.